The van der Waals surface area contributed by atoms with Crippen LogP contribution in [0.4, 0.5) is 5.69 Å². The molecule has 124 valence electrons. The van der Waals surface area contributed by atoms with Crippen molar-refractivity contribution in [1.29, 1.82) is 0 Å². The van der Waals surface area contributed by atoms with E-state index < -0.39 is 0 Å². The van der Waals surface area contributed by atoms with Gasteiger partial charge in [0.25, 0.3) is 0 Å². The summed E-state index contributed by atoms with van der Waals surface area (Å²) in [5.74, 6) is 0.0890. The number of ether oxygens (including phenoxy) is 1. The van der Waals surface area contributed by atoms with E-state index in [2.05, 4.69) is 5.32 Å². The summed E-state index contributed by atoms with van der Waals surface area (Å²) < 4.78 is 5.33. The summed E-state index contributed by atoms with van der Waals surface area (Å²) >= 11 is 0. The van der Waals surface area contributed by atoms with Gasteiger partial charge in [-0.1, -0.05) is 18.2 Å². The second kappa shape index (κ2) is 7.13. The normalized spacial score (nSPS) is 21.7. The first-order valence-corrected chi connectivity index (χ1v) is 8.36. The summed E-state index contributed by atoms with van der Waals surface area (Å²) in [4.78, 5) is 26.4. The molecule has 0 aliphatic carbocycles. The lowest BCUT2D eigenvalue weighted by molar-refractivity contribution is -0.134. The van der Waals surface area contributed by atoms with Crippen LogP contribution < -0.4 is 5.32 Å². The van der Waals surface area contributed by atoms with E-state index in [0.29, 0.717) is 12.8 Å². The minimum absolute atomic E-state index is 0.0367. The third kappa shape index (κ3) is 3.72. The van der Waals surface area contributed by atoms with Crippen LogP contribution in [0.5, 0.6) is 0 Å². The highest BCUT2D eigenvalue weighted by molar-refractivity contribution is 5.96. The van der Waals surface area contributed by atoms with Crippen molar-refractivity contribution in [2.45, 2.75) is 38.2 Å². The average Bonchev–Trinajstić information content (AvgIpc) is 2.59. The Morgan fingerprint density at radius 3 is 2.78 bits per heavy atom. The molecular formula is C18H24N2O3. The topological polar surface area (TPSA) is 58.6 Å². The molecule has 0 saturated carbocycles. The van der Waals surface area contributed by atoms with Gasteiger partial charge < -0.3 is 15.0 Å². The summed E-state index contributed by atoms with van der Waals surface area (Å²) in [6.45, 7) is 1.52. The Morgan fingerprint density at radius 2 is 2.04 bits per heavy atom. The smallest absolute Gasteiger partial charge is 0.227 e. The van der Waals surface area contributed by atoms with E-state index >= 15 is 0 Å². The van der Waals surface area contributed by atoms with Crippen LogP contribution in [0.25, 0.3) is 0 Å². The van der Waals surface area contributed by atoms with E-state index in [4.69, 9.17) is 4.74 Å². The van der Waals surface area contributed by atoms with Crippen molar-refractivity contribution in [3.63, 3.8) is 0 Å². The van der Waals surface area contributed by atoms with Crippen LogP contribution in [0.3, 0.4) is 0 Å². The number of nitrogens with one attached hydrogen (secondary N) is 1. The van der Waals surface area contributed by atoms with E-state index in [1.165, 1.54) is 0 Å². The quantitative estimate of drug-likeness (QED) is 0.926. The molecule has 1 aromatic rings. The maximum atomic E-state index is 12.3. The number of likely N-dealkylation sites (tertiary alicyclic amines) is 1. The van der Waals surface area contributed by atoms with Crippen LogP contribution in [0, 0.1) is 5.92 Å². The number of carbonyl (C=O) groups is 2. The van der Waals surface area contributed by atoms with Gasteiger partial charge in [-0.15, -0.1) is 0 Å². The highest BCUT2D eigenvalue weighted by Crippen LogP contribution is 2.27. The van der Waals surface area contributed by atoms with Gasteiger partial charge in [-0.05, 0) is 37.3 Å². The van der Waals surface area contributed by atoms with Crippen LogP contribution in [0.1, 0.15) is 31.2 Å². The highest BCUT2D eigenvalue weighted by Gasteiger charge is 2.28. The highest BCUT2D eigenvalue weighted by atomic mass is 16.5. The zero-order valence-electron chi connectivity index (χ0n) is 13.6. The summed E-state index contributed by atoms with van der Waals surface area (Å²) in [6.07, 6.45) is 3.86. The Morgan fingerprint density at radius 1 is 1.30 bits per heavy atom. The molecule has 1 saturated heterocycles. The van der Waals surface area contributed by atoms with Crippen molar-refractivity contribution in [1.82, 2.24) is 4.90 Å². The fourth-order valence-electron chi connectivity index (χ4n) is 3.44. The number of fused-ring (bicyclic) bond motifs is 1. The van der Waals surface area contributed by atoms with Crippen LogP contribution >= 0.6 is 0 Å². The van der Waals surface area contributed by atoms with Crippen molar-refractivity contribution in [2.24, 2.45) is 5.92 Å². The molecule has 3 rings (SSSR count). The van der Waals surface area contributed by atoms with Gasteiger partial charge in [-0.3, -0.25) is 9.59 Å². The number of anilines is 1. The first kappa shape index (κ1) is 16.0. The first-order chi connectivity index (χ1) is 11.2. The molecule has 0 spiro atoms. The molecule has 1 aromatic carbocycles. The van der Waals surface area contributed by atoms with E-state index in [9.17, 15) is 9.59 Å². The molecule has 1 atom stereocenters. The molecule has 0 unspecified atom stereocenters. The molecule has 1 N–H and O–H groups in total. The third-order valence-corrected chi connectivity index (χ3v) is 4.95. The van der Waals surface area contributed by atoms with Crippen molar-refractivity contribution in [3.05, 3.63) is 29.8 Å². The van der Waals surface area contributed by atoms with Gasteiger partial charge in [-0.25, -0.2) is 0 Å². The maximum absolute atomic E-state index is 12.3. The number of hydrogen-bond donors (Lipinski definition) is 1. The van der Waals surface area contributed by atoms with Crippen LogP contribution in [-0.2, 0) is 20.7 Å². The molecule has 0 radical (unpaired) electrons. The number of para-hydroxylation sites is 1. The number of carbonyl (C=O) groups excluding carboxylic acids is 2. The van der Waals surface area contributed by atoms with Gasteiger partial charge >= 0.3 is 0 Å². The summed E-state index contributed by atoms with van der Waals surface area (Å²) in [7, 11) is 1.72. The van der Waals surface area contributed by atoms with Crippen LogP contribution in [0.2, 0.25) is 0 Å². The lowest BCUT2D eigenvalue weighted by Crippen LogP contribution is -2.41. The molecule has 5 nitrogen and oxygen atoms in total. The molecule has 0 aromatic heterocycles. The summed E-state index contributed by atoms with van der Waals surface area (Å²) in [5.41, 5.74) is 2.06. The number of piperidine rings is 1. The lowest BCUT2D eigenvalue weighted by Gasteiger charge is -2.32. The molecule has 2 aliphatic heterocycles. The van der Waals surface area contributed by atoms with Gasteiger partial charge in [0.05, 0.1) is 6.10 Å². The second-order valence-electron chi connectivity index (χ2n) is 6.40. The second-order valence-corrected chi connectivity index (χ2v) is 6.40. The SMILES string of the molecule is COC1CCN(C(=O)CC[C@@H]2Cc3ccccc3NC2=O)CC1. The summed E-state index contributed by atoms with van der Waals surface area (Å²) in [6, 6.07) is 7.87. The van der Waals surface area contributed by atoms with Crippen molar-refractivity contribution in [3.8, 4) is 0 Å². The standard InChI is InChI=1S/C18H24N2O3/c1-23-15-8-10-20(11-9-15)17(21)7-6-14-12-13-4-2-3-5-16(13)19-18(14)22/h2-5,14-15H,6-12H2,1H3,(H,19,22)/t14-/m1/s1. The molecule has 2 aliphatic rings. The van der Waals surface area contributed by atoms with Gasteiger partial charge in [0.15, 0.2) is 0 Å². The largest absolute Gasteiger partial charge is 0.381 e. The number of benzene rings is 1. The molecule has 23 heavy (non-hydrogen) atoms. The third-order valence-electron chi connectivity index (χ3n) is 4.95. The van der Waals surface area contributed by atoms with Gasteiger partial charge in [-0.2, -0.15) is 0 Å². The van der Waals surface area contributed by atoms with Crippen molar-refractivity contribution < 1.29 is 14.3 Å². The number of amides is 2. The van der Waals surface area contributed by atoms with Crippen molar-refractivity contribution in [2.75, 3.05) is 25.5 Å². The minimum Gasteiger partial charge on any atom is -0.381 e. The molecule has 2 amide bonds. The molecule has 2 heterocycles. The number of methoxy groups -OCH3 is 1. The fraction of sp³-hybridized carbons (Fsp3) is 0.556. The van der Waals surface area contributed by atoms with E-state index in [0.717, 1.165) is 43.6 Å². The summed E-state index contributed by atoms with van der Waals surface area (Å²) in [5, 5.41) is 2.95. The Labute approximate surface area is 137 Å². The molecule has 1 fully saturated rings. The fourth-order valence-corrected chi connectivity index (χ4v) is 3.44. The Hall–Kier alpha value is -1.88. The molecular weight excluding hydrogens is 292 g/mol. The zero-order valence-corrected chi connectivity index (χ0v) is 13.6. The van der Waals surface area contributed by atoms with Crippen molar-refractivity contribution >= 4 is 17.5 Å². The van der Waals surface area contributed by atoms with Crippen LogP contribution in [0.15, 0.2) is 24.3 Å². The predicted octanol–water partition coefficient (Wildman–Crippen LogP) is 2.21. The maximum Gasteiger partial charge on any atom is 0.227 e. The van der Waals surface area contributed by atoms with E-state index in [1.54, 1.807) is 7.11 Å². The van der Waals surface area contributed by atoms with Crippen LogP contribution in [-0.4, -0.2) is 43.0 Å². The van der Waals surface area contributed by atoms with Gasteiger partial charge in [0.1, 0.15) is 0 Å². The van der Waals surface area contributed by atoms with Gasteiger partial charge in [0, 0.05) is 38.2 Å². The molecule has 5 heteroatoms. The Kier molecular flexibility index (Phi) is 4.96. The predicted molar refractivity (Wildman–Crippen MR) is 88.1 cm³/mol. The lowest BCUT2D eigenvalue weighted by atomic mass is 9.89. The molecule has 0 bridgehead atoms. The van der Waals surface area contributed by atoms with Gasteiger partial charge in [0.2, 0.25) is 11.8 Å². The number of hydrogen-bond acceptors (Lipinski definition) is 3. The van der Waals surface area contributed by atoms with E-state index in [1.807, 2.05) is 29.2 Å². The Bertz CT molecular complexity index is 579. The van der Waals surface area contributed by atoms with E-state index in [-0.39, 0.29) is 23.8 Å². The number of nitrogens with zero attached hydrogens (tertiary/aromatic N) is 1. The Balaban J connectivity index is 1.51. The average molecular weight is 316 g/mol. The first-order valence-electron chi connectivity index (χ1n) is 8.36. The minimum atomic E-state index is -0.106. The monoisotopic (exact) mass is 316 g/mol. The number of rotatable bonds is 4. The zero-order chi connectivity index (χ0) is 16.2.